The van der Waals surface area contributed by atoms with Crippen molar-refractivity contribution in [1.82, 2.24) is 9.97 Å². The first-order valence-electron chi connectivity index (χ1n) is 9.28. The van der Waals surface area contributed by atoms with Crippen LogP contribution in [0.5, 0.6) is 5.75 Å². The molecule has 0 saturated carbocycles. The summed E-state index contributed by atoms with van der Waals surface area (Å²) >= 11 is 0. The highest BCUT2D eigenvalue weighted by Gasteiger charge is 2.40. The second kappa shape index (κ2) is 8.19. The summed E-state index contributed by atoms with van der Waals surface area (Å²) in [5.74, 6) is 0.371. The predicted molar refractivity (Wildman–Crippen MR) is 106 cm³/mol. The van der Waals surface area contributed by atoms with Gasteiger partial charge in [0.05, 0.1) is 19.8 Å². The summed E-state index contributed by atoms with van der Waals surface area (Å²) in [6.45, 7) is 0.294. The standard InChI is InChI=1S/C21H19F3N4O2/c1-29-16-9-7-15(8-10-16)26-20-25-13-17(21(22,23)24)19(27-20)28-18(11-12-30-28)14-5-3-2-4-6-14/h2-10,13,18H,11-12H2,1H3,(H,25,26,27). The van der Waals surface area contributed by atoms with Crippen LogP contribution < -0.4 is 15.1 Å². The number of halogens is 3. The lowest BCUT2D eigenvalue weighted by Gasteiger charge is -2.26. The molecule has 1 N–H and O–H groups in total. The van der Waals surface area contributed by atoms with Crippen LogP contribution in [0.3, 0.4) is 0 Å². The van der Waals surface area contributed by atoms with E-state index in [4.69, 9.17) is 9.57 Å². The molecule has 0 aliphatic carbocycles. The van der Waals surface area contributed by atoms with Gasteiger partial charge in [0.15, 0.2) is 5.82 Å². The first-order chi connectivity index (χ1) is 14.5. The summed E-state index contributed by atoms with van der Waals surface area (Å²) < 4.78 is 46.1. The number of nitrogens with zero attached hydrogens (tertiary/aromatic N) is 3. The average Bonchev–Trinajstić information content (AvgIpc) is 3.24. The number of hydroxylamine groups is 1. The van der Waals surface area contributed by atoms with E-state index in [2.05, 4.69) is 15.3 Å². The number of hydrogen-bond donors (Lipinski definition) is 1. The number of aromatic nitrogens is 2. The van der Waals surface area contributed by atoms with Gasteiger partial charge in [-0.15, -0.1) is 0 Å². The van der Waals surface area contributed by atoms with Gasteiger partial charge in [-0.05, 0) is 29.8 Å². The molecule has 4 rings (SSSR count). The minimum Gasteiger partial charge on any atom is -0.497 e. The lowest BCUT2D eigenvalue weighted by molar-refractivity contribution is -0.138. The van der Waals surface area contributed by atoms with E-state index in [1.54, 1.807) is 31.4 Å². The van der Waals surface area contributed by atoms with Crippen LogP contribution in [0.2, 0.25) is 0 Å². The first kappa shape index (κ1) is 20.0. The molecule has 0 bridgehead atoms. The molecular weight excluding hydrogens is 397 g/mol. The second-order valence-corrected chi connectivity index (χ2v) is 6.66. The number of hydrogen-bond acceptors (Lipinski definition) is 6. The van der Waals surface area contributed by atoms with Gasteiger partial charge in [-0.1, -0.05) is 30.3 Å². The maximum atomic E-state index is 13.7. The van der Waals surface area contributed by atoms with Crippen molar-refractivity contribution in [3.63, 3.8) is 0 Å². The van der Waals surface area contributed by atoms with Crippen LogP contribution in [0.15, 0.2) is 60.8 Å². The third-order valence-corrected chi connectivity index (χ3v) is 4.72. The third kappa shape index (κ3) is 4.16. The zero-order valence-electron chi connectivity index (χ0n) is 16.1. The minimum absolute atomic E-state index is 0.0329. The highest BCUT2D eigenvalue weighted by molar-refractivity contribution is 5.58. The normalized spacial score (nSPS) is 16.5. The molecule has 1 saturated heterocycles. The molecule has 2 heterocycles. The van der Waals surface area contributed by atoms with Gasteiger partial charge in [-0.2, -0.15) is 18.2 Å². The average molecular weight is 416 g/mol. The third-order valence-electron chi connectivity index (χ3n) is 4.72. The van der Waals surface area contributed by atoms with Gasteiger partial charge in [0.25, 0.3) is 0 Å². The number of alkyl halides is 3. The van der Waals surface area contributed by atoms with E-state index in [1.165, 1.54) is 5.06 Å². The van der Waals surface area contributed by atoms with Crippen molar-refractivity contribution in [2.24, 2.45) is 0 Å². The Morgan fingerprint density at radius 1 is 1.10 bits per heavy atom. The van der Waals surface area contributed by atoms with Gasteiger partial charge in [0, 0.05) is 18.3 Å². The van der Waals surface area contributed by atoms with Gasteiger partial charge >= 0.3 is 6.18 Å². The second-order valence-electron chi connectivity index (χ2n) is 6.66. The van der Waals surface area contributed by atoms with Gasteiger partial charge in [0.2, 0.25) is 5.95 Å². The lowest BCUT2D eigenvalue weighted by Crippen LogP contribution is -2.26. The van der Waals surface area contributed by atoms with E-state index in [0.717, 1.165) is 11.8 Å². The maximum Gasteiger partial charge on any atom is 0.421 e. The van der Waals surface area contributed by atoms with Crippen molar-refractivity contribution in [3.05, 3.63) is 71.9 Å². The molecule has 1 aromatic heterocycles. The van der Waals surface area contributed by atoms with Gasteiger partial charge in [0.1, 0.15) is 11.3 Å². The largest absolute Gasteiger partial charge is 0.497 e. The van der Waals surface area contributed by atoms with Crippen LogP contribution in [-0.2, 0) is 11.0 Å². The summed E-state index contributed by atoms with van der Waals surface area (Å²) in [4.78, 5) is 13.6. The SMILES string of the molecule is COc1ccc(Nc2ncc(C(F)(F)F)c(N3OCCC3c3ccccc3)n2)cc1. The molecule has 1 aliphatic heterocycles. The molecule has 9 heteroatoms. The molecule has 0 spiro atoms. The molecule has 0 radical (unpaired) electrons. The van der Waals surface area contributed by atoms with Gasteiger partial charge in [-0.25, -0.2) is 10.0 Å². The quantitative estimate of drug-likeness (QED) is 0.622. The summed E-state index contributed by atoms with van der Waals surface area (Å²) in [5.41, 5.74) is 0.514. The van der Waals surface area contributed by atoms with E-state index < -0.39 is 11.7 Å². The van der Waals surface area contributed by atoms with Crippen LogP contribution in [0.4, 0.5) is 30.6 Å². The molecular formula is C21H19F3N4O2. The van der Waals surface area contributed by atoms with E-state index in [-0.39, 0.29) is 17.8 Å². The Kier molecular flexibility index (Phi) is 5.45. The van der Waals surface area contributed by atoms with Crippen molar-refractivity contribution < 1.29 is 22.7 Å². The highest BCUT2D eigenvalue weighted by Crippen LogP contribution is 2.41. The summed E-state index contributed by atoms with van der Waals surface area (Å²) in [5, 5.41) is 4.16. The number of ether oxygens (including phenoxy) is 1. The zero-order chi connectivity index (χ0) is 21.1. The summed E-state index contributed by atoms with van der Waals surface area (Å²) in [6.07, 6.45) is -3.30. The van der Waals surface area contributed by atoms with E-state index >= 15 is 0 Å². The maximum absolute atomic E-state index is 13.7. The molecule has 1 fully saturated rings. The van der Waals surface area contributed by atoms with E-state index in [0.29, 0.717) is 24.5 Å². The van der Waals surface area contributed by atoms with Gasteiger partial charge < -0.3 is 10.1 Å². The van der Waals surface area contributed by atoms with Crippen molar-refractivity contribution in [1.29, 1.82) is 0 Å². The van der Waals surface area contributed by atoms with E-state index in [9.17, 15) is 13.2 Å². The van der Waals surface area contributed by atoms with Crippen molar-refractivity contribution >= 4 is 17.5 Å². The number of methoxy groups -OCH3 is 1. The smallest absolute Gasteiger partial charge is 0.421 e. The fraction of sp³-hybridized carbons (Fsp3) is 0.238. The van der Waals surface area contributed by atoms with Gasteiger partial charge in [-0.3, -0.25) is 4.84 Å². The lowest BCUT2D eigenvalue weighted by atomic mass is 10.0. The molecule has 0 amide bonds. The Labute approximate surface area is 171 Å². The number of benzene rings is 2. The molecule has 1 unspecified atom stereocenters. The molecule has 1 aliphatic rings. The number of nitrogens with one attached hydrogen (secondary N) is 1. The van der Waals surface area contributed by atoms with Crippen LogP contribution in [0, 0.1) is 0 Å². The highest BCUT2D eigenvalue weighted by atomic mass is 19.4. The Hall–Kier alpha value is -3.33. The van der Waals surface area contributed by atoms with Crippen LogP contribution >= 0.6 is 0 Å². The zero-order valence-corrected chi connectivity index (χ0v) is 16.1. The molecule has 6 nitrogen and oxygen atoms in total. The summed E-state index contributed by atoms with van der Waals surface area (Å²) in [7, 11) is 1.55. The fourth-order valence-corrected chi connectivity index (χ4v) is 3.26. The van der Waals surface area contributed by atoms with Crippen LogP contribution in [-0.4, -0.2) is 23.7 Å². The topological polar surface area (TPSA) is 59.5 Å². The Morgan fingerprint density at radius 3 is 2.50 bits per heavy atom. The first-order valence-corrected chi connectivity index (χ1v) is 9.28. The fourth-order valence-electron chi connectivity index (χ4n) is 3.26. The van der Waals surface area contributed by atoms with Crippen LogP contribution in [0.25, 0.3) is 0 Å². The minimum atomic E-state index is -4.62. The van der Waals surface area contributed by atoms with Crippen molar-refractivity contribution in [3.8, 4) is 5.75 Å². The van der Waals surface area contributed by atoms with Crippen molar-refractivity contribution in [2.75, 3.05) is 24.1 Å². The molecule has 30 heavy (non-hydrogen) atoms. The molecule has 3 aromatic rings. The summed E-state index contributed by atoms with van der Waals surface area (Å²) in [6, 6.07) is 15.8. The monoisotopic (exact) mass is 416 g/mol. The number of rotatable bonds is 5. The predicted octanol–water partition coefficient (Wildman–Crippen LogP) is 5.13. The Bertz CT molecular complexity index is 997. The van der Waals surface area contributed by atoms with Crippen LogP contribution in [0.1, 0.15) is 23.6 Å². The Morgan fingerprint density at radius 2 is 1.83 bits per heavy atom. The molecule has 1 atom stereocenters. The van der Waals surface area contributed by atoms with E-state index in [1.807, 2.05) is 30.3 Å². The van der Waals surface area contributed by atoms with Crippen molar-refractivity contribution in [2.45, 2.75) is 18.6 Å². The molecule has 2 aromatic carbocycles. The number of anilines is 3. The molecule has 156 valence electrons. The Balaban J connectivity index is 1.70.